The maximum absolute atomic E-state index is 12.3. The van der Waals surface area contributed by atoms with Crippen LogP contribution in [0.5, 0.6) is 5.75 Å². The second kappa shape index (κ2) is 12.6. The number of nitrogens with one attached hydrogen (secondary N) is 3. The van der Waals surface area contributed by atoms with Gasteiger partial charge < -0.3 is 34.9 Å². The number of methoxy groups -OCH3 is 1. The van der Waals surface area contributed by atoms with Crippen molar-refractivity contribution in [1.29, 1.82) is 0 Å². The topological polar surface area (TPSA) is 136 Å². The molecule has 4 aromatic rings. The normalized spacial score (nSPS) is 11.1. The van der Waals surface area contributed by atoms with Crippen LogP contribution in [0, 0.1) is 0 Å². The van der Waals surface area contributed by atoms with Gasteiger partial charge in [0.1, 0.15) is 17.0 Å². The van der Waals surface area contributed by atoms with Crippen molar-refractivity contribution < 1.29 is 19.1 Å². The molecule has 12 nitrogen and oxygen atoms in total. The van der Waals surface area contributed by atoms with Crippen LogP contribution in [0.2, 0.25) is 0 Å². The van der Waals surface area contributed by atoms with Gasteiger partial charge in [-0.3, -0.25) is 4.79 Å². The molecule has 0 radical (unpaired) electrons. The lowest BCUT2D eigenvalue weighted by Crippen LogP contribution is -2.37. The van der Waals surface area contributed by atoms with Gasteiger partial charge in [0.05, 0.1) is 35.2 Å². The number of carbonyl (C=O) groups excluding carboxylic acids is 2. The van der Waals surface area contributed by atoms with Gasteiger partial charge in [0.25, 0.3) is 0 Å². The van der Waals surface area contributed by atoms with E-state index in [1.54, 1.807) is 52.3 Å². The van der Waals surface area contributed by atoms with Crippen LogP contribution in [0.1, 0.15) is 20.8 Å². The molecule has 12 heteroatoms. The number of carbonyl (C=O) groups is 2. The molecule has 2 amide bonds. The average molecular weight is 573 g/mol. The molecule has 0 aliphatic heterocycles. The van der Waals surface area contributed by atoms with Crippen molar-refractivity contribution in [1.82, 2.24) is 24.8 Å². The second-order valence-corrected chi connectivity index (χ2v) is 10.5. The summed E-state index contributed by atoms with van der Waals surface area (Å²) in [6, 6.07) is 13.2. The zero-order valence-corrected chi connectivity index (χ0v) is 24.7. The summed E-state index contributed by atoms with van der Waals surface area (Å²) in [5.74, 6) is 1.13. The van der Waals surface area contributed by atoms with Crippen molar-refractivity contribution in [2.75, 3.05) is 42.8 Å². The van der Waals surface area contributed by atoms with Crippen LogP contribution in [-0.4, -0.2) is 64.4 Å². The number of amides is 2. The van der Waals surface area contributed by atoms with E-state index < -0.39 is 11.7 Å². The first kappa shape index (κ1) is 29.8. The number of hydrogen-bond donors (Lipinski definition) is 3. The van der Waals surface area contributed by atoms with Crippen LogP contribution in [0.15, 0.2) is 61.3 Å². The molecule has 0 aliphatic rings. The molecule has 0 bridgehead atoms. The van der Waals surface area contributed by atoms with Crippen LogP contribution >= 0.6 is 0 Å². The van der Waals surface area contributed by atoms with E-state index in [0.717, 1.165) is 11.0 Å². The summed E-state index contributed by atoms with van der Waals surface area (Å²) in [6.45, 7) is 9.70. The van der Waals surface area contributed by atoms with E-state index in [1.165, 1.54) is 6.08 Å². The van der Waals surface area contributed by atoms with E-state index in [0.29, 0.717) is 53.4 Å². The van der Waals surface area contributed by atoms with E-state index in [4.69, 9.17) is 14.5 Å². The standard InChI is InChI=1S/C30H36N8O4/c1-8-26(39)33-21-17-22(25(41-7)18-24(21)37(5)16-15-32-29(40)42-30(2,3)4)36-28-31-14-13-20(35-28)27-34-19-11-9-10-12-23(19)38(27)6/h8-14,17-18H,1,15-16H2,2-7H3,(H,32,40)(H,33,39)(H,31,35,36). The highest BCUT2D eigenvalue weighted by Gasteiger charge is 2.19. The minimum absolute atomic E-state index is 0.311. The Morgan fingerprint density at radius 3 is 2.57 bits per heavy atom. The molecule has 4 rings (SSSR count). The number of hydrogen-bond acceptors (Lipinski definition) is 9. The average Bonchev–Trinajstić information content (AvgIpc) is 3.28. The summed E-state index contributed by atoms with van der Waals surface area (Å²) >= 11 is 0. The van der Waals surface area contributed by atoms with E-state index in [2.05, 4.69) is 32.5 Å². The van der Waals surface area contributed by atoms with Gasteiger partial charge in [-0.1, -0.05) is 18.7 Å². The van der Waals surface area contributed by atoms with Gasteiger partial charge in [-0.05, 0) is 51.1 Å². The number of para-hydroxylation sites is 2. The first-order valence-corrected chi connectivity index (χ1v) is 13.3. The first-order chi connectivity index (χ1) is 20.0. The summed E-state index contributed by atoms with van der Waals surface area (Å²) in [7, 11) is 5.33. The van der Waals surface area contributed by atoms with Gasteiger partial charge in [-0.25, -0.2) is 19.7 Å². The van der Waals surface area contributed by atoms with E-state index >= 15 is 0 Å². The van der Waals surface area contributed by atoms with Gasteiger partial charge in [0.15, 0.2) is 5.82 Å². The molecule has 220 valence electrons. The molecule has 0 unspecified atom stereocenters. The van der Waals surface area contributed by atoms with Crippen molar-refractivity contribution in [2.24, 2.45) is 7.05 Å². The van der Waals surface area contributed by atoms with E-state index in [1.807, 2.05) is 47.8 Å². The molecular weight excluding hydrogens is 536 g/mol. The number of anilines is 4. The molecule has 2 aromatic heterocycles. The number of fused-ring (bicyclic) bond motifs is 1. The number of likely N-dealkylation sites (N-methyl/N-ethyl adjacent to an activating group) is 1. The molecule has 2 heterocycles. The summed E-state index contributed by atoms with van der Waals surface area (Å²) in [5, 5.41) is 8.80. The predicted molar refractivity (Wildman–Crippen MR) is 164 cm³/mol. The van der Waals surface area contributed by atoms with E-state index in [9.17, 15) is 9.59 Å². The maximum Gasteiger partial charge on any atom is 0.407 e. The zero-order valence-electron chi connectivity index (χ0n) is 24.7. The summed E-state index contributed by atoms with van der Waals surface area (Å²) < 4.78 is 13.0. The number of alkyl carbamates (subject to hydrolysis) is 1. The van der Waals surface area contributed by atoms with Crippen molar-refractivity contribution in [2.45, 2.75) is 26.4 Å². The molecule has 0 fully saturated rings. The molecule has 0 spiro atoms. The van der Waals surface area contributed by atoms with Crippen LogP contribution in [0.4, 0.5) is 27.8 Å². The third-order valence-corrected chi connectivity index (χ3v) is 6.21. The number of nitrogens with zero attached hydrogens (tertiary/aromatic N) is 5. The van der Waals surface area contributed by atoms with Gasteiger partial charge in [0, 0.05) is 39.4 Å². The quantitative estimate of drug-likeness (QED) is 0.228. The number of ether oxygens (including phenoxy) is 2. The highest BCUT2D eigenvalue weighted by Crippen LogP contribution is 2.38. The van der Waals surface area contributed by atoms with Crippen molar-refractivity contribution in [3.63, 3.8) is 0 Å². The third-order valence-electron chi connectivity index (χ3n) is 6.21. The largest absolute Gasteiger partial charge is 0.494 e. The van der Waals surface area contributed by atoms with Crippen molar-refractivity contribution in [3.05, 3.63) is 61.3 Å². The molecule has 0 saturated carbocycles. The molecule has 2 aromatic carbocycles. The van der Waals surface area contributed by atoms with E-state index in [-0.39, 0.29) is 5.91 Å². The number of benzene rings is 2. The Bertz CT molecular complexity index is 1610. The molecule has 0 saturated heterocycles. The smallest absolute Gasteiger partial charge is 0.407 e. The summed E-state index contributed by atoms with van der Waals surface area (Å²) in [4.78, 5) is 40.1. The Morgan fingerprint density at radius 1 is 1.12 bits per heavy atom. The third kappa shape index (κ3) is 7.14. The predicted octanol–water partition coefficient (Wildman–Crippen LogP) is 4.87. The van der Waals surface area contributed by atoms with Gasteiger partial charge in [-0.15, -0.1) is 0 Å². The zero-order chi connectivity index (χ0) is 30.4. The lowest BCUT2D eigenvalue weighted by atomic mass is 10.2. The van der Waals surface area contributed by atoms with Crippen LogP contribution in [-0.2, 0) is 16.6 Å². The Kier molecular flexibility index (Phi) is 8.94. The summed E-state index contributed by atoms with van der Waals surface area (Å²) in [6.07, 6.45) is 2.33. The van der Waals surface area contributed by atoms with Gasteiger partial charge in [0.2, 0.25) is 11.9 Å². The van der Waals surface area contributed by atoms with Crippen LogP contribution in [0.25, 0.3) is 22.6 Å². The lowest BCUT2D eigenvalue weighted by molar-refractivity contribution is -0.111. The number of rotatable bonds is 10. The SMILES string of the molecule is C=CC(=O)Nc1cc(Nc2nccc(-c3nc4ccccc4n3C)n2)c(OC)cc1N(C)CCNC(=O)OC(C)(C)C. The van der Waals surface area contributed by atoms with Crippen LogP contribution < -0.4 is 25.6 Å². The monoisotopic (exact) mass is 572 g/mol. The Hall–Kier alpha value is -5.13. The fourth-order valence-electron chi connectivity index (χ4n) is 4.23. The molecule has 0 atom stereocenters. The Labute approximate surface area is 244 Å². The fourth-order valence-corrected chi connectivity index (χ4v) is 4.23. The van der Waals surface area contributed by atoms with Gasteiger partial charge >= 0.3 is 6.09 Å². The maximum atomic E-state index is 12.3. The highest BCUT2D eigenvalue weighted by atomic mass is 16.6. The fraction of sp³-hybridized carbons (Fsp3) is 0.300. The second-order valence-electron chi connectivity index (χ2n) is 10.5. The number of aryl methyl sites for hydroxylation is 1. The van der Waals surface area contributed by atoms with Crippen molar-refractivity contribution >= 4 is 46.0 Å². The minimum atomic E-state index is -0.594. The molecule has 0 aliphatic carbocycles. The van der Waals surface area contributed by atoms with Crippen LogP contribution in [0.3, 0.4) is 0 Å². The number of aromatic nitrogens is 4. The summed E-state index contributed by atoms with van der Waals surface area (Å²) in [5.41, 5.74) is 3.59. The Morgan fingerprint density at radius 2 is 1.88 bits per heavy atom. The van der Waals surface area contributed by atoms with Crippen molar-refractivity contribution in [3.8, 4) is 17.3 Å². The molecular formula is C30H36N8O4. The van der Waals surface area contributed by atoms with Gasteiger partial charge in [-0.2, -0.15) is 0 Å². The molecule has 42 heavy (non-hydrogen) atoms. The number of imidazole rings is 1. The first-order valence-electron chi connectivity index (χ1n) is 13.3. The minimum Gasteiger partial charge on any atom is -0.494 e. The Balaban J connectivity index is 1.60. The highest BCUT2D eigenvalue weighted by molar-refractivity contribution is 6.02. The lowest BCUT2D eigenvalue weighted by Gasteiger charge is -2.25. The molecule has 3 N–H and O–H groups in total.